The second-order valence-corrected chi connectivity index (χ2v) is 4.71. The molecule has 1 fully saturated rings. The molecule has 94 valence electrons. The predicted octanol–water partition coefficient (Wildman–Crippen LogP) is 2.30. The van der Waals surface area contributed by atoms with Crippen molar-refractivity contribution in [3.05, 3.63) is 35.9 Å². The predicted molar refractivity (Wildman–Crippen MR) is 67.4 cm³/mol. The lowest BCUT2D eigenvalue weighted by molar-refractivity contribution is -0.277. The average molecular weight is 235 g/mol. The van der Waals surface area contributed by atoms with E-state index < -0.39 is 5.79 Å². The molecule has 3 heteroatoms. The maximum atomic E-state index is 5.96. The fourth-order valence-corrected chi connectivity index (χ4v) is 2.28. The molecule has 1 aromatic carbocycles. The van der Waals surface area contributed by atoms with Crippen molar-refractivity contribution in [3.63, 3.8) is 0 Å². The molecule has 0 aliphatic carbocycles. The van der Waals surface area contributed by atoms with E-state index in [9.17, 15) is 0 Å². The molecule has 0 saturated carbocycles. The van der Waals surface area contributed by atoms with Crippen molar-refractivity contribution >= 4 is 0 Å². The molecule has 1 aromatic rings. The van der Waals surface area contributed by atoms with E-state index in [2.05, 4.69) is 12.1 Å². The van der Waals surface area contributed by atoms with Gasteiger partial charge in [0.1, 0.15) is 0 Å². The minimum absolute atomic E-state index is 0.292. The summed E-state index contributed by atoms with van der Waals surface area (Å²) in [5.41, 5.74) is 6.95. The van der Waals surface area contributed by atoms with Gasteiger partial charge in [-0.15, -0.1) is 0 Å². The topological polar surface area (TPSA) is 44.5 Å². The summed E-state index contributed by atoms with van der Waals surface area (Å²) < 4.78 is 11.7. The SMILES string of the molecule is CC1(OCc2ccccc2)OCCCC1CN. The van der Waals surface area contributed by atoms with Gasteiger partial charge in [-0.25, -0.2) is 0 Å². The van der Waals surface area contributed by atoms with Crippen LogP contribution in [-0.4, -0.2) is 18.9 Å². The molecule has 1 aliphatic heterocycles. The molecule has 17 heavy (non-hydrogen) atoms. The molecule has 2 N–H and O–H groups in total. The number of nitrogens with two attached hydrogens (primary N) is 1. The first-order chi connectivity index (χ1) is 8.24. The Morgan fingerprint density at radius 3 is 2.88 bits per heavy atom. The first-order valence-electron chi connectivity index (χ1n) is 6.26. The van der Waals surface area contributed by atoms with Crippen molar-refractivity contribution in [2.24, 2.45) is 11.7 Å². The van der Waals surface area contributed by atoms with Gasteiger partial charge in [0.05, 0.1) is 13.2 Å². The van der Waals surface area contributed by atoms with Crippen LogP contribution in [0.2, 0.25) is 0 Å². The highest BCUT2D eigenvalue weighted by molar-refractivity contribution is 5.13. The first kappa shape index (κ1) is 12.6. The maximum absolute atomic E-state index is 5.96. The van der Waals surface area contributed by atoms with E-state index in [1.807, 2.05) is 25.1 Å². The van der Waals surface area contributed by atoms with E-state index in [1.165, 1.54) is 5.56 Å². The van der Waals surface area contributed by atoms with Crippen LogP contribution in [0.4, 0.5) is 0 Å². The van der Waals surface area contributed by atoms with Gasteiger partial charge in [0.15, 0.2) is 5.79 Å². The zero-order valence-electron chi connectivity index (χ0n) is 10.4. The minimum Gasteiger partial charge on any atom is -0.350 e. The van der Waals surface area contributed by atoms with Gasteiger partial charge in [0.25, 0.3) is 0 Å². The lowest BCUT2D eigenvalue weighted by Crippen LogP contribution is -2.47. The molecule has 1 saturated heterocycles. The molecule has 1 heterocycles. The van der Waals surface area contributed by atoms with Gasteiger partial charge in [-0.05, 0) is 25.3 Å². The van der Waals surface area contributed by atoms with Crippen LogP contribution in [-0.2, 0) is 16.1 Å². The van der Waals surface area contributed by atoms with Gasteiger partial charge in [-0.2, -0.15) is 0 Å². The van der Waals surface area contributed by atoms with E-state index in [0.29, 0.717) is 19.1 Å². The zero-order chi connectivity index (χ0) is 12.1. The minimum atomic E-state index is -0.525. The molecule has 3 nitrogen and oxygen atoms in total. The standard InChI is InChI=1S/C14H21NO2/c1-14(13(10-15)8-5-9-16-14)17-11-12-6-3-2-4-7-12/h2-4,6-7,13H,5,8-11,15H2,1H3. The van der Waals surface area contributed by atoms with Crippen LogP contribution in [0.5, 0.6) is 0 Å². The number of rotatable bonds is 4. The smallest absolute Gasteiger partial charge is 0.169 e. The van der Waals surface area contributed by atoms with Crippen molar-refractivity contribution < 1.29 is 9.47 Å². The van der Waals surface area contributed by atoms with E-state index >= 15 is 0 Å². The van der Waals surface area contributed by atoms with Crippen molar-refractivity contribution in [2.45, 2.75) is 32.2 Å². The van der Waals surface area contributed by atoms with Gasteiger partial charge in [0, 0.05) is 12.5 Å². The number of ether oxygens (including phenoxy) is 2. The molecule has 0 bridgehead atoms. The fourth-order valence-electron chi connectivity index (χ4n) is 2.28. The third-order valence-corrected chi connectivity index (χ3v) is 3.48. The molecule has 0 amide bonds. The lowest BCUT2D eigenvalue weighted by Gasteiger charge is -2.40. The summed E-state index contributed by atoms with van der Waals surface area (Å²) in [5.74, 6) is -0.233. The largest absolute Gasteiger partial charge is 0.350 e. The Kier molecular flexibility index (Phi) is 4.15. The second-order valence-electron chi connectivity index (χ2n) is 4.71. The molecule has 0 aromatic heterocycles. The van der Waals surface area contributed by atoms with Crippen LogP contribution < -0.4 is 5.73 Å². The van der Waals surface area contributed by atoms with Crippen molar-refractivity contribution in [2.75, 3.05) is 13.2 Å². The normalized spacial score (nSPS) is 29.2. The van der Waals surface area contributed by atoms with Crippen molar-refractivity contribution in [1.82, 2.24) is 0 Å². The van der Waals surface area contributed by atoms with Crippen molar-refractivity contribution in [1.29, 1.82) is 0 Å². The van der Waals surface area contributed by atoms with Gasteiger partial charge in [-0.3, -0.25) is 0 Å². The lowest BCUT2D eigenvalue weighted by atomic mass is 9.92. The molecular weight excluding hydrogens is 214 g/mol. The first-order valence-corrected chi connectivity index (χ1v) is 6.26. The Labute approximate surface area is 103 Å². The Hall–Kier alpha value is -0.900. The molecule has 0 spiro atoms. The molecule has 2 rings (SSSR count). The van der Waals surface area contributed by atoms with Gasteiger partial charge in [0.2, 0.25) is 0 Å². The summed E-state index contributed by atoms with van der Waals surface area (Å²) in [7, 11) is 0. The van der Waals surface area contributed by atoms with Crippen LogP contribution in [0.3, 0.4) is 0 Å². The molecule has 2 atom stereocenters. The third-order valence-electron chi connectivity index (χ3n) is 3.48. The Morgan fingerprint density at radius 2 is 2.18 bits per heavy atom. The summed E-state index contributed by atoms with van der Waals surface area (Å²) >= 11 is 0. The highest BCUT2D eigenvalue weighted by Gasteiger charge is 2.37. The zero-order valence-corrected chi connectivity index (χ0v) is 10.4. The highest BCUT2D eigenvalue weighted by Crippen LogP contribution is 2.32. The molecule has 2 unspecified atom stereocenters. The Bertz CT molecular complexity index is 341. The van der Waals surface area contributed by atoms with Gasteiger partial charge in [-0.1, -0.05) is 30.3 Å². The van der Waals surface area contributed by atoms with Crippen LogP contribution in [0, 0.1) is 5.92 Å². The molecular formula is C14H21NO2. The van der Waals surface area contributed by atoms with E-state index in [4.69, 9.17) is 15.2 Å². The maximum Gasteiger partial charge on any atom is 0.169 e. The molecule has 1 aliphatic rings. The summed E-state index contributed by atoms with van der Waals surface area (Å²) in [6.45, 7) is 3.97. The van der Waals surface area contributed by atoms with Gasteiger partial charge >= 0.3 is 0 Å². The second kappa shape index (κ2) is 5.63. The third kappa shape index (κ3) is 3.06. The number of hydrogen-bond donors (Lipinski definition) is 1. The summed E-state index contributed by atoms with van der Waals surface area (Å²) in [6.07, 6.45) is 2.16. The van der Waals surface area contributed by atoms with E-state index in [1.54, 1.807) is 0 Å². The average Bonchev–Trinajstić information content (AvgIpc) is 2.38. The van der Waals surface area contributed by atoms with Crippen molar-refractivity contribution in [3.8, 4) is 0 Å². The highest BCUT2D eigenvalue weighted by atomic mass is 16.7. The van der Waals surface area contributed by atoms with E-state index in [-0.39, 0.29) is 0 Å². The molecule has 0 radical (unpaired) electrons. The monoisotopic (exact) mass is 235 g/mol. The quantitative estimate of drug-likeness (QED) is 0.871. The summed E-state index contributed by atoms with van der Waals surface area (Å²) in [5, 5.41) is 0. The Morgan fingerprint density at radius 1 is 1.41 bits per heavy atom. The van der Waals surface area contributed by atoms with Crippen LogP contribution in [0.1, 0.15) is 25.3 Å². The summed E-state index contributed by atoms with van der Waals surface area (Å²) in [4.78, 5) is 0. The van der Waals surface area contributed by atoms with Crippen LogP contribution >= 0.6 is 0 Å². The number of benzene rings is 1. The van der Waals surface area contributed by atoms with Crippen LogP contribution in [0.15, 0.2) is 30.3 Å². The van der Waals surface area contributed by atoms with Gasteiger partial charge < -0.3 is 15.2 Å². The number of hydrogen-bond acceptors (Lipinski definition) is 3. The fraction of sp³-hybridized carbons (Fsp3) is 0.571. The summed E-state index contributed by atoms with van der Waals surface area (Å²) in [6, 6.07) is 10.2. The van der Waals surface area contributed by atoms with E-state index in [0.717, 1.165) is 19.4 Å². The van der Waals surface area contributed by atoms with Crippen LogP contribution in [0.25, 0.3) is 0 Å². The Balaban J connectivity index is 1.96.